The molecule has 0 fully saturated rings. The van der Waals surface area contributed by atoms with Crippen LogP contribution in [0.15, 0.2) is 24.3 Å². The van der Waals surface area contributed by atoms with Crippen molar-refractivity contribution in [1.29, 1.82) is 0 Å². The second-order valence-corrected chi connectivity index (χ2v) is 2.51. The number of halogens is 1. The number of aliphatic hydroxyl groups is 3. The standard InChI is InChI=1S/C5H6FSi.3CH4O.Hf/c6-7-5-3-1-2-4-5;3*1-2;/h1-4H,7H2;3*2H,1H3;/q-1;;;;. The van der Waals surface area contributed by atoms with E-state index in [2.05, 4.69) is 0 Å². The largest absolute Gasteiger partial charge is 0.400 e. The molecule has 1 aromatic rings. The van der Waals surface area contributed by atoms with Gasteiger partial charge in [0.2, 0.25) is 0 Å². The second-order valence-electron chi connectivity index (χ2n) is 1.43. The summed E-state index contributed by atoms with van der Waals surface area (Å²) in [5, 5.41) is 21.9. The van der Waals surface area contributed by atoms with Gasteiger partial charge in [0.25, 0.3) is 0 Å². The van der Waals surface area contributed by atoms with E-state index in [9.17, 15) is 4.11 Å². The summed E-state index contributed by atoms with van der Waals surface area (Å²) < 4.78 is 11.7. The van der Waals surface area contributed by atoms with Gasteiger partial charge in [0.1, 0.15) is 0 Å². The smallest absolute Gasteiger partial charge is 0.189 e. The van der Waals surface area contributed by atoms with E-state index in [4.69, 9.17) is 15.3 Å². The summed E-state index contributed by atoms with van der Waals surface area (Å²) in [4.78, 5) is 0. The molecule has 0 atom stereocenters. The monoisotopic (exact) mass is 389 g/mol. The molecule has 0 amide bonds. The second kappa shape index (κ2) is 29.2. The summed E-state index contributed by atoms with van der Waals surface area (Å²) in [6, 6.07) is 7.38. The van der Waals surface area contributed by atoms with Crippen LogP contribution in [0.1, 0.15) is 0 Å². The molecule has 0 saturated carbocycles. The van der Waals surface area contributed by atoms with Crippen molar-refractivity contribution >= 4 is 15.0 Å². The molecule has 3 N–H and O–H groups in total. The molecule has 14 heavy (non-hydrogen) atoms. The van der Waals surface area contributed by atoms with Gasteiger partial charge in [-0.2, -0.15) is 12.1 Å². The molecular weight excluding hydrogens is 370 g/mol. The van der Waals surface area contributed by atoms with Crippen molar-refractivity contribution in [3.05, 3.63) is 24.3 Å². The van der Waals surface area contributed by atoms with Gasteiger partial charge in [-0.05, 0) is 0 Å². The summed E-state index contributed by atoms with van der Waals surface area (Å²) in [5.41, 5.74) is 0. The quantitative estimate of drug-likeness (QED) is 0.326. The number of rotatable bonds is 1. The van der Waals surface area contributed by atoms with Gasteiger partial charge in [-0.1, -0.05) is 0 Å². The minimum atomic E-state index is -1.37. The summed E-state index contributed by atoms with van der Waals surface area (Å²) in [6.07, 6.45) is 0. The molecule has 0 spiro atoms. The average molecular weight is 388 g/mol. The van der Waals surface area contributed by atoms with Crippen molar-refractivity contribution < 1.29 is 45.3 Å². The van der Waals surface area contributed by atoms with Crippen LogP contribution in [0.3, 0.4) is 0 Å². The van der Waals surface area contributed by atoms with Crippen LogP contribution in [0.4, 0.5) is 4.11 Å². The van der Waals surface area contributed by atoms with Crippen molar-refractivity contribution in [3.8, 4) is 0 Å². The molecule has 0 aliphatic rings. The molecule has 1 rings (SSSR count). The fraction of sp³-hybridized carbons (Fsp3) is 0.375. The van der Waals surface area contributed by atoms with Crippen molar-refractivity contribution in [2.75, 3.05) is 21.3 Å². The van der Waals surface area contributed by atoms with E-state index in [1.54, 1.807) is 0 Å². The summed E-state index contributed by atoms with van der Waals surface area (Å²) in [6.45, 7) is 0. The Bertz CT molecular complexity index is 139. The first kappa shape index (κ1) is 23.8. The van der Waals surface area contributed by atoms with Gasteiger partial charge in [0.15, 0.2) is 9.85 Å². The van der Waals surface area contributed by atoms with Crippen LogP contribution in [-0.2, 0) is 25.8 Å². The van der Waals surface area contributed by atoms with Crippen LogP contribution < -0.4 is 5.19 Å². The Kier molecular flexibility index (Phi) is 49.7. The summed E-state index contributed by atoms with van der Waals surface area (Å²) in [5.74, 6) is 0. The maximum Gasteiger partial charge on any atom is 0.189 e. The van der Waals surface area contributed by atoms with Crippen LogP contribution in [0, 0.1) is 0 Å². The van der Waals surface area contributed by atoms with Gasteiger partial charge in [0, 0.05) is 47.2 Å². The van der Waals surface area contributed by atoms with E-state index in [1.165, 1.54) is 0 Å². The molecule has 0 aliphatic heterocycles. The fourth-order valence-corrected chi connectivity index (χ4v) is 0.953. The Morgan fingerprint density at radius 1 is 0.929 bits per heavy atom. The zero-order chi connectivity index (χ0) is 11.1. The van der Waals surface area contributed by atoms with Gasteiger partial charge in [-0.15, -0.1) is 5.19 Å². The van der Waals surface area contributed by atoms with Crippen LogP contribution in [0.2, 0.25) is 0 Å². The molecule has 0 bridgehead atoms. The Hall–Kier alpha value is 0.247. The minimum Gasteiger partial charge on any atom is -0.400 e. The fourth-order valence-electron chi connectivity index (χ4n) is 0.503. The number of hydrogen-bond acceptors (Lipinski definition) is 3. The van der Waals surface area contributed by atoms with E-state index in [1.807, 2.05) is 24.3 Å². The normalized spacial score (nSPS) is 6.79. The van der Waals surface area contributed by atoms with Crippen LogP contribution >= 0.6 is 0 Å². The van der Waals surface area contributed by atoms with Crippen LogP contribution in [0.25, 0.3) is 0 Å². The third-order valence-electron chi connectivity index (χ3n) is 0.886. The van der Waals surface area contributed by atoms with Crippen molar-refractivity contribution in [1.82, 2.24) is 0 Å². The molecule has 6 heteroatoms. The first-order valence-corrected chi connectivity index (χ1v) is 4.78. The molecule has 0 unspecified atom stereocenters. The third kappa shape index (κ3) is 18.1. The molecule has 0 heterocycles. The SMILES string of the molecule is CO.CO.CO.F[SiH2][c-]1cccc1.[Hf]. The minimum absolute atomic E-state index is 0. The van der Waals surface area contributed by atoms with Gasteiger partial charge in [0.05, 0.1) is 0 Å². The van der Waals surface area contributed by atoms with Crippen molar-refractivity contribution in [3.63, 3.8) is 0 Å². The molecule has 0 radical (unpaired) electrons. The molecular formula is C8H18FHfO3Si-. The topological polar surface area (TPSA) is 60.7 Å². The summed E-state index contributed by atoms with van der Waals surface area (Å²) in [7, 11) is 1.63. The van der Waals surface area contributed by atoms with Crippen molar-refractivity contribution in [2.24, 2.45) is 0 Å². The maximum atomic E-state index is 11.7. The van der Waals surface area contributed by atoms with Crippen LogP contribution in [-0.4, -0.2) is 46.5 Å². The molecule has 3 nitrogen and oxygen atoms in total. The van der Waals surface area contributed by atoms with Gasteiger partial charge in [-0.25, -0.2) is 12.1 Å². The zero-order valence-electron chi connectivity index (χ0n) is 8.74. The summed E-state index contributed by atoms with van der Waals surface area (Å²) >= 11 is 0. The predicted octanol–water partition coefficient (Wildman–Crippen LogP) is -1.09. The Morgan fingerprint density at radius 2 is 1.21 bits per heavy atom. The van der Waals surface area contributed by atoms with E-state index in [0.29, 0.717) is 0 Å². The Balaban J connectivity index is -0.0000000625. The predicted molar refractivity (Wildman–Crippen MR) is 55.7 cm³/mol. The Labute approximate surface area is 106 Å². The zero-order valence-corrected chi connectivity index (χ0v) is 13.7. The number of aliphatic hydroxyl groups excluding tert-OH is 3. The number of hydrogen-bond donors (Lipinski definition) is 3. The average Bonchev–Trinajstić information content (AvgIpc) is 2.79. The van der Waals surface area contributed by atoms with Crippen LogP contribution in [0.5, 0.6) is 0 Å². The molecule has 84 valence electrons. The molecule has 0 aliphatic carbocycles. The van der Waals surface area contributed by atoms with Gasteiger partial charge in [-0.3, -0.25) is 0 Å². The van der Waals surface area contributed by atoms with E-state index in [-0.39, 0.29) is 25.8 Å². The van der Waals surface area contributed by atoms with Gasteiger partial charge >= 0.3 is 0 Å². The first-order chi connectivity index (χ1) is 6.43. The first-order valence-electron chi connectivity index (χ1n) is 3.54. The molecule has 0 aromatic heterocycles. The van der Waals surface area contributed by atoms with E-state index < -0.39 is 9.85 Å². The Morgan fingerprint density at radius 3 is 1.36 bits per heavy atom. The van der Waals surface area contributed by atoms with E-state index in [0.717, 1.165) is 26.5 Å². The van der Waals surface area contributed by atoms with Crippen molar-refractivity contribution in [2.45, 2.75) is 0 Å². The molecule has 0 saturated heterocycles. The van der Waals surface area contributed by atoms with E-state index >= 15 is 0 Å². The third-order valence-corrected chi connectivity index (χ3v) is 1.67. The molecule has 1 aromatic carbocycles. The van der Waals surface area contributed by atoms with Gasteiger partial charge < -0.3 is 19.4 Å². The maximum absolute atomic E-state index is 11.7.